The molecule has 2 aliphatic heterocycles. The maximum absolute atomic E-state index is 14.5. The molecule has 1 saturated heterocycles. The molecule has 2 aromatic carbocycles. The lowest BCUT2D eigenvalue weighted by Gasteiger charge is -2.31. The molecule has 2 aliphatic rings. The largest absolute Gasteiger partial charge is 0.477 e. The number of phosphoric acid groups is 1. The summed E-state index contributed by atoms with van der Waals surface area (Å²) in [6.45, 7) is 11.6. The van der Waals surface area contributed by atoms with Gasteiger partial charge in [-0.15, -0.1) is 0 Å². The molecule has 4 heterocycles. The van der Waals surface area contributed by atoms with Crippen molar-refractivity contribution in [3.8, 4) is 0 Å². The molecule has 0 saturated carbocycles. The molecule has 10 nitrogen and oxygen atoms in total. The summed E-state index contributed by atoms with van der Waals surface area (Å²) in [6.07, 6.45) is 5.82. The van der Waals surface area contributed by atoms with Crippen LogP contribution in [-0.2, 0) is 34.8 Å². The first-order chi connectivity index (χ1) is 21.7. The monoisotopic (exact) mass is 646 g/mol. The number of amides is 2. The van der Waals surface area contributed by atoms with Crippen molar-refractivity contribution >= 4 is 52.6 Å². The van der Waals surface area contributed by atoms with Crippen LogP contribution in [0.15, 0.2) is 60.9 Å². The summed E-state index contributed by atoms with van der Waals surface area (Å²) >= 11 is 0. The molecule has 46 heavy (non-hydrogen) atoms. The number of nitrogens with one attached hydrogen (secondary N) is 1. The number of hydrogen-bond donors (Lipinski definition) is 1. The van der Waals surface area contributed by atoms with E-state index in [1.165, 1.54) is 0 Å². The minimum Gasteiger partial charge on any atom is -0.350 e. The van der Waals surface area contributed by atoms with Gasteiger partial charge in [-0.3, -0.25) is 23.2 Å². The number of hydrogen-bond acceptors (Lipinski definition) is 7. The van der Waals surface area contributed by atoms with E-state index in [1.54, 1.807) is 41.5 Å². The van der Waals surface area contributed by atoms with Crippen molar-refractivity contribution in [1.82, 2.24) is 19.4 Å². The number of imide groups is 1. The fourth-order valence-electron chi connectivity index (χ4n) is 6.40. The van der Waals surface area contributed by atoms with Gasteiger partial charge in [-0.1, -0.05) is 36.4 Å². The van der Waals surface area contributed by atoms with E-state index in [4.69, 9.17) is 13.6 Å². The predicted molar refractivity (Wildman–Crippen MR) is 180 cm³/mol. The van der Waals surface area contributed by atoms with Crippen LogP contribution in [0.4, 0.5) is 0 Å². The van der Waals surface area contributed by atoms with E-state index < -0.39 is 37.6 Å². The Balaban J connectivity index is 1.49. The Bertz CT molecular complexity index is 1880. The molecule has 244 valence electrons. The molecule has 0 atom stereocenters. The molecule has 0 radical (unpaired) electrons. The van der Waals surface area contributed by atoms with E-state index in [0.717, 1.165) is 52.6 Å². The molecular formula is C35H43N4O6P. The summed E-state index contributed by atoms with van der Waals surface area (Å²) in [4.78, 5) is 30.0. The number of aromatic nitrogens is 2. The van der Waals surface area contributed by atoms with Gasteiger partial charge in [-0.25, -0.2) is 9.46 Å². The van der Waals surface area contributed by atoms with E-state index in [9.17, 15) is 14.2 Å². The zero-order chi connectivity index (χ0) is 33.0. The first kappa shape index (κ1) is 32.4. The Morgan fingerprint density at radius 3 is 1.85 bits per heavy atom. The average molecular weight is 647 g/mol. The van der Waals surface area contributed by atoms with Crippen LogP contribution in [-0.4, -0.2) is 56.9 Å². The molecule has 11 heteroatoms. The van der Waals surface area contributed by atoms with Crippen molar-refractivity contribution in [2.24, 2.45) is 7.05 Å². The number of aryl methyl sites for hydroxylation is 1. The van der Waals surface area contributed by atoms with Gasteiger partial charge >= 0.3 is 7.82 Å². The highest BCUT2D eigenvalue weighted by molar-refractivity contribution is 7.48. The Kier molecular flexibility index (Phi) is 8.40. The third kappa shape index (κ3) is 6.25. The van der Waals surface area contributed by atoms with Gasteiger partial charge in [-0.2, -0.15) is 0 Å². The number of carbonyl (C=O) groups excluding carboxylic acids is 2. The lowest BCUT2D eigenvalue weighted by molar-refractivity contribution is -0.140. The van der Waals surface area contributed by atoms with E-state index in [-0.39, 0.29) is 17.2 Å². The molecule has 0 unspecified atom stereocenters. The van der Waals surface area contributed by atoms with Gasteiger partial charge in [0, 0.05) is 58.4 Å². The number of carbonyl (C=O) groups is 2. The molecular weight excluding hydrogens is 603 g/mol. The molecule has 2 aromatic heterocycles. The fraction of sp³-hybridized carbons (Fsp3) is 0.429. The fourth-order valence-corrected chi connectivity index (χ4v) is 8.14. The molecule has 1 N–H and O–H groups in total. The van der Waals surface area contributed by atoms with Crippen LogP contribution in [0, 0.1) is 0 Å². The predicted octanol–water partition coefficient (Wildman–Crippen LogP) is 7.05. The number of para-hydroxylation sites is 2. The summed E-state index contributed by atoms with van der Waals surface area (Å²) < 4.78 is 35.5. The summed E-state index contributed by atoms with van der Waals surface area (Å²) in [5.74, 6) is -1.06. The summed E-state index contributed by atoms with van der Waals surface area (Å²) in [5, 5.41) is 5.16. The van der Waals surface area contributed by atoms with Crippen molar-refractivity contribution in [3.63, 3.8) is 0 Å². The highest BCUT2D eigenvalue weighted by atomic mass is 31.2. The van der Waals surface area contributed by atoms with Crippen LogP contribution in [0.25, 0.3) is 33.0 Å². The molecule has 0 aliphatic carbocycles. The smallest absolute Gasteiger partial charge is 0.350 e. The van der Waals surface area contributed by atoms with E-state index in [0.29, 0.717) is 11.1 Å². The molecule has 4 aromatic rings. The maximum Gasteiger partial charge on any atom is 0.477 e. The van der Waals surface area contributed by atoms with Crippen molar-refractivity contribution < 1.29 is 27.7 Å². The zero-order valence-electron chi connectivity index (χ0n) is 27.6. The third-order valence-corrected chi connectivity index (χ3v) is 10.1. The third-order valence-electron chi connectivity index (χ3n) is 8.16. The van der Waals surface area contributed by atoms with Crippen LogP contribution in [0.1, 0.15) is 71.6 Å². The van der Waals surface area contributed by atoms with Crippen LogP contribution in [0.5, 0.6) is 0 Å². The zero-order valence-corrected chi connectivity index (χ0v) is 28.5. The second-order valence-corrected chi connectivity index (χ2v) is 15.5. The normalized spacial score (nSPS) is 17.3. The van der Waals surface area contributed by atoms with Crippen molar-refractivity contribution in [3.05, 3.63) is 72.1 Å². The second kappa shape index (κ2) is 11.9. The van der Waals surface area contributed by atoms with Gasteiger partial charge in [0.05, 0.1) is 22.3 Å². The Hall–Kier alpha value is -3.53. The van der Waals surface area contributed by atoms with Crippen molar-refractivity contribution in [1.29, 1.82) is 0 Å². The average Bonchev–Trinajstić information content (AvgIpc) is 3.59. The van der Waals surface area contributed by atoms with Gasteiger partial charge in [-0.05, 0) is 79.6 Å². The highest BCUT2D eigenvalue weighted by Crippen LogP contribution is 2.56. The second-order valence-electron chi connectivity index (χ2n) is 14.0. The quantitative estimate of drug-likeness (QED) is 0.162. The molecule has 6 rings (SSSR count). The van der Waals surface area contributed by atoms with E-state index in [1.807, 2.05) is 66.5 Å². The molecule has 2 amide bonds. The van der Waals surface area contributed by atoms with Crippen LogP contribution in [0.2, 0.25) is 0 Å². The molecule has 0 spiro atoms. The number of nitrogens with zero attached hydrogens (tertiary/aromatic N) is 3. The lowest BCUT2D eigenvalue weighted by Crippen LogP contribution is -2.34. The Morgan fingerprint density at radius 2 is 1.28 bits per heavy atom. The van der Waals surface area contributed by atoms with Gasteiger partial charge in [0.2, 0.25) is 0 Å². The van der Waals surface area contributed by atoms with E-state index in [2.05, 4.69) is 16.0 Å². The van der Waals surface area contributed by atoms with Gasteiger partial charge in [0.1, 0.15) is 6.73 Å². The SMILES string of the molecule is Cn1cc(C2=C(c3cn(C4CCNCC4)c4ccccc34)C(=O)N(COP(=O)(OC(C)(C)C)OC(C)(C)C)C2=O)c2ccccc21. The van der Waals surface area contributed by atoms with Crippen LogP contribution >= 0.6 is 7.82 Å². The van der Waals surface area contributed by atoms with Gasteiger partial charge < -0.3 is 14.5 Å². The molecule has 1 fully saturated rings. The summed E-state index contributed by atoms with van der Waals surface area (Å²) in [5.41, 5.74) is 2.07. The minimum atomic E-state index is -4.22. The van der Waals surface area contributed by atoms with Gasteiger partial charge in [0.15, 0.2) is 0 Å². The topological polar surface area (TPSA) is 104 Å². The van der Waals surface area contributed by atoms with Crippen molar-refractivity contribution in [2.45, 2.75) is 71.6 Å². The van der Waals surface area contributed by atoms with E-state index >= 15 is 0 Å². The summed E-state index contributed by atoms with van der Waals surface area (Å²) in [7, 11) is -2.30. The lowest BCUT2D eigenvalue weighted by atomic mass is 9.95. The van der Waals surface area contributed by atoms with Crippen LogP contribution < -0.4 is 5.32 Å². The van der Waals surface area contributed by atoms with Gasteiger partial charge in [0.25, 0.3) is 11.8 Å². The summed E-state index contributed by atoms with van der Waals surface area (Å²) in [6, 6.07) is 16.0. The minimum absolute atomic E-state index is 0.253. The Morgan fingerprint density at radius 1 is 0.783 bits per heavy atom. The standard InChI is InChI=1S/C35H43N4O6P/c1-34(2,3)44-46(42,45-35(4,5)6)43-22-39-32(40)30(26-20-37(7)28-14-10-8-12-24(26)28)31(33(39)41)27-21-38(23-16-18-36-19-17-23)29-15-11-9-13-25(27)29/h8-15,20-21,23,36H,16-19,22H2,1-7H3. The molecule has 0 bridgehead atoms. The number of rotatable bonds is 8. The van der Waals surface area contributed by atoms with Crippen LogP contribution in [0.3, 0.4) is 0 Å². The maximum atomic E-state index is 14.5. The Labute approximate surface area is 269 Å². The highest BCUT2D eigenvalue weighted by Gasteiger charge is 2.45. The number of piperidine rings is 1. The number of phosphoric ester groups is 1. The van der Waals surface area contributed by atoms with Crippen molar-refractivity contribution in [2.75, 3.05) is 19.8 Å². The number of fused-ring (bicyclic) bond motifs is 2. The first-order valence-corrected chi connectivity index (χ1v) is 17.2. The number of benzene rings is 2. The first-order valence-electron chi connectivity index (χ1n) is 15.8.